The lowest BCUT2D eigenvalue weighted by molar-refractivity contribution is -0.131. The van der Waals surface area contributed by atoms with Crippen LogP contribution in [0, 0.1) is 0 Å². The average Bonchev–Trinajstić information content (AvgIpc) is 2.18. The Morgan fingerprint density at radius 2 is 1.93 bits per heavy atom. The van der Waals surface area contributed by atoms with E-state index in [-0.39, 0.29) is 0 Å². The zero-order valence-corrected chi connectivity index (χ0v) is 7.55. The third kappa shape index (κ3) is 4.11. The fraction of sp³-hybridized carbons (Fsp3) is 0. The van der Waals surface area contributed by atoms with Crippen molar-refractivity contribution in [3.8, 4) is 0 Å². The van der Waals surface area contributed by atoms with Crippen molar-refractivity contribution in [2.45, 2.75) is 0 Å². The van der Waals surface area contributed by atoms with E-state index in [4.69, 9.17) is 5.11 Å². The van der Waals surface area contributed by atoms with Crippen LogP contribution in [0.15, 0.2) is 48.8 Å². The molecule has 2 N–H and O–H groups in total. The van der Waals surface area contributed by atoms with Crippen LogP contribution in [0.1, 0.15) is 5.56 Å². The molecule has 0 aliphatic rings. The second kappa shape index (κ2) is 5.59. The van der Waals surface area contributed by atoms with E-state index in [0.29, 0.717) is 0 Å². The fourth-order valence-electron chi connectivity index (χ4n) is 0.883. The molecule has 0 spiro atoms. The maximum Gasteiger partial charge on any atom is 0.329 e. The molecule has 1 aromatic rings. The Kier molecular flexibility index (Phi) is 4.01. The molecule has 3 heteroatoms. The zero-order valence-electron chi connectivity index (χ0n) is 7.55. The van der Waals surface area contributed by atoms with Gasteiger partial charge in [0.2, 0.25) is 0 Å². The van der Waals surface area contributed by atoms with Crippen LogP contribution in [0.25, 0.3) is 6.08 Å². The topological polar surface area (TPSA) is 49.3 Å². The van der Waals surface area contributed by atoms with Gasteiger partial charge < -0.3 is 10.4 Å². The molecule has 3 nitrogen and oxygen atoms in total. The van der Waals surface area contributed by atoms with Gasteiger partial charge in [-0.3, -0.25) is 0 Å². The molecule has 0 fully saturated rings. The number of carbonyl (C=O) groups is 1. The van der Waals surface area contributed by atoms with E-state index in [1.165, 1.54) is 6.20 Å². The van der Waals surface area contributed by atoms with Crippen molar-refractivity contribution in [1.29, 1.82) is 0 Å². The van der Waals surface area contributed by atoms with E-state index >= 15 is 0 Å². The minimum atomic E-state index is -0.967. The molecule has 0 saturated heterocycles. The summed E-state index contributed by atoms with van der Waals surface area (Å²) in [6.07, 6.45) is 5.93. The van der Waals surface area contributed by atoms with Crippen molar-refractivity contribution in [3.63, 3.8) is 0 Å². The first kappa shape index (κ1) is 10.1. The Balaban J connectivity index is 2.39. The van der Waals surface area contributed by atoms with Crippen LogP contribution in [-0.4, -0.2) is 11.1 Å². The van der Waals surface area contributed by atoms with Crippen LogP contribution in [0.4, 0.5) is 0 Å². The van der Waals surface area contributed by atoms with Gasteiger partial charge in [0.1, 0.15) is 0 Å². The van der Waals surface area contributed by atoms with Crippen molar-refractivity contribution >= 4 is 12.0 Å². The Bertz CT molecular complexity index is 342. The van der Waals surface area contributed by atoms with E-state index in [9.17, 15) is 4.79 Å². The first-order chi connectivity index (χ1) is 6.79. The van der Waals surface area contributed by atoms with Crippen molar-refractivity contribution in [1.82, 2.24) is 5.32 Å². The van der Waals surface area contributed by atoms with Gasteiger partial charge in [0.05, 0.1) is 0 Å². The smallest absolute Gasteiger partial charge is 0.329 e. The zero-order chi connectivity index (χ0) is 10.2. The number of hydrogen-bond acceptors (Lipinski definition) is 2. The van der Waals surface area contributed by atoms with Gasteiger partial charge in [-0.15, -0.1) is 0 Å². The number of carboxylic acid groups (broad SMARTS) is 1. The average molecular weight is 189 g/mol. The summed E-state index contributed by atoms with van der Waals surface area (Å²) in [5.74, 6) is -0.967. The van der Waals surface area contributed by atoms with E-state index < -0.39 is 5.97 Å². The predicted molar refractivity (Wildman–Crippen MR) is 55.4 cm³/mol. The molecular weight excluding hydrogens is 178 g/mol. The van der Waals surface area contributed by atoms with E-state index in [1.807, 2.05) is 36.4 Å². The molecule has 0 aliphatic heterocycles. The molecule has 0 amide bonds. The fourth-order valence-corrected chi connectivity index (χ4v) is 0.883. The number of benzene rings is 1. The Morgan fingerprint density at radius 3 is 2.57 bits per heavy atom. The molecule has 1 aromatic carbocycles. The number of nitrogens with one attached hydrogen (secondary N) is 1. The number of hydrogen-bond donors (Lipinski definition) is 2. The highest BCUT2D eigenvalue weighted by atomic mass is 16.4. The quantitative estimate of drug-likeness (QED) is 0.710. The van der Waals surface area contributed by atoms with Crippen molar-refractivity contribution < 1.29 is 9.90 Å². The van der Waals surface area contributed by atoms with Crippen molar-refractivity contribution in [3.05, 3.63) is 54.4 Å². The van der Waals surface area contributed by atoms with Crippen LogP contribution >= 0.6 is 0 Å². The largest absolute Gasteiger partial charge is 0.478 e. The minimum absolute atomic E-state index is 0.967. The first-order valence-electron chi connectivity index (χ1n) is 4.16. The normalized spacial score (nSPS) is 10.9. The number of carboxylic acids is 1. The lowest BCUT2D eigenvalue weighted by Gasteiger charge is -1.91. The highest BCUT2D eigenvalue weighted by molar-refractivity contribution is 5.79. The van der Waals surface area contributed by atoms with Crippen LogP contribution in [0.3, 0.4) is 0 Å². The second-order valence-electron chi connectivity index (χ2n) is 2.58. The summed E-state index contributed by atoms with van der Waals surface area (Å²) in [5, 5.41) is 11.0. The summed E-state index contributed by atoms with van der Waals surface area (Å²) in [4.78, 5) is 10.1. The van der Waals surface area contributed by atoms with Gasteiger partial charge in [-0.05, 0) is 11.6 Å². The van der Waals surface area contributed by atoms with Crippen LogP contribution in [-0.2, 0) is 4.79 Å². The second-order valence-corrected chi connectivity index (χ2v) is 2.58. The van der Waals surface area contributed by atoms with Gasteiger partial charge in [0.15, 0.2) is 0 Å². The molecule has 0 unspecified atom stereocenters. The molecule has 0 aromatic heterocycles. The summed E-state index contributed by atoms with van der Waals surface area (Å²) in [6.45, 7) is 0. The highest BCUT2D eigenvalue weighted by Crippen LogP contribution is 1.99. The SMILES string of the molecule is O=C(O)C=CNC=Cc1ccccc1. The van der Waals surface area contributed by atoms with Crippen molar-refractivity contribution in [2.24, 2.45) is 0 Å². The minimum Gasteiger partial charge on any atom is -0.478 e. The Morgan fingerprint density at radius 1 is 1.21 bits per heavy atom. The molecule has 0 atom stereocenters. The molecule has 14 heavy (non-hydrogen) atoms. The molecule has 0 heterocycles. The summed E-state index contributed by atoms with van der Waals surface area (Å²) < 4.78 is 0. The molecular formula is C11H11NO2. The summed E-state index contributed by atoms with van der Waals surface area (Å²) >= 11 is 0. The molecule has 0 bridgehead atoms. The number of aliphatic carboxylic acids is 1. The van der Waals surface area contributed by atoms with Gasteiger partial charge in [0, 0.05) is 18.5 Å². The van der Waals surface area contributed by atoms with Crippen LogP contribution in [0.2, 0.25) is 0 Å². The number of rotatable bonds is 4. The molecule has 72 valence electrons. The Labute approximate surface area is 82.4 Å². The standard InChI is InChI=1S/C11H11NO2/c13-11(14)7-9-12-8-6-10-4-2-1-3-5-10/h1-9,12H,(H,13,14). The Hall–Kier alpha value is -2.03. The predicted octanol–water partition coefficient (Wildman–Crippen LogP) is 1.85. The lowest BCUT2D eigenvalue weighted by atomic mass is 10.2. The van der Waals surface area contributed by atoms with Gasteiger partial charge >= 0.3 is 5.97 Å². The monoisotopic (exact) mass is 189 g/mol. The van der Waals surface area contributed by atoms with Gasteiger partial charge in [0.25, 0.3) is 0 Å². The maximum absolute atomic E-state index is 10.1. The maximum atomic E-state index is 10.1. The first-order valence-corrected chi connectivity index (χ1v) is 4.16. The summed E-state index contributed by atoms with van der Waals surface area (Å²) in [7, 11) is 0. The summed E-state index contributed by atoms with van der Waals surface area (Å²) in [6, 6.07) is 9.73. The van der Waals surface area contributed by atoms with Crippen molar-refractivity contribution in [2.75, 3.05) is 0 Å². The van der Waals surface area contributed by atoms with E-state index in [2.05, 4.69) is 5.32 Å². The third-order valence-electron chi connectivity index (χ3n) is 1.49. The van der Waals surface area contributed by atoms with Gasteiger partial charge in [-0.2, -0.15) is 0 Å². The summed E-state index contributed by atoms with van der Waals surface area (Å²) in [5.41, 5.74) is 1.06. The van der Waals surface area contributed by atoms with Gasteiger partial charge in [-0.25, -0.2) is 4.79 Å². The highest BCUT2D eigenvalue weighted by Gasteiger charge is 1.82. The molecule has 0 aliphatic carbocycles. The molecule has 0 saturated carbocycles. The van der Waals surface area contributed by atoms with E-state index in [0.717, 1.165) is 11.6 Å². The molecule has 1 rings (SSSR count). The molecule has 0 radical (unpaired) electrons. The van der Waals surface area contributed by atoms with Crippen LogP contribution < -0.4 is 5.32 Å². The lowest BCUT2D eigenvalue weighted by Crippen LogP contribution is -1.95. The van der Waals surface area contributed by atoms with Crippen LogP contribution in [0.5, 0.6) is 0 Å². The van der Waals surface area contributed by atoms with E-state index in [1.54, 1.807) is 6.20 Å². The third-order valence-corrected chi connectivity index (χ3v) is 1.49. The van der Waals surface area contributed by atoms with Gasteiger partial charge in [-0.1, -0.05) is 30.3 Å².